The van der Waals surface area contributed by atoms with Crippen molar-refractivity contribution in [2.75, 3.05) is 7.11 Å². The van der Waals surface area contributed by atoms with Gasteiger partial charge in [-0.05, 0) is 42.7 Å². The molecule has 2 aromatic carbocycles. The number of benzene rings is 2. The van der Waals surface area contributed by atoms with Crippen LogP contribution < -0.4 is 5.32 Å². The molecule has 0 aromatic heterocycles. The molecule has 21 heavy (non-hydrogen) atoms. The lowest BCUT2D eigenvalue weighted by Crippen LogP contribution is -2.36. The number of nitrogens with one attached hydrogen (secondary N) is 1. The van der Waals surface area contributed by atoms with Crippen molar-refractivity contribution in [3.63, 3.8) is 0 Å². The smallest absolute Gasteiger partial charge is 0.0716 e. The highest BCUT2D eigenvalue weighted by Crippen LogP contribution is 2.23. The fraction of sp³-hybridized carbons (Fsp3) is 0.333. The predicted molar refractivity (Wildman–Crippen MR) is 91.2 cm³/mol. The minimum Gasteiger partial charge on any atom is -0.380 e. The van der Waals surface area contributed by atoms with Crippen molar-refractivity contribution >= 4 is 15.9 Å². The largest absolute Gasteiger partial charge is 0.380 e. The highest BCUT2D eigenvalue weighted by atomic mass is 79.9. The van der Waals surface area contributed by atoms with Gasteiger partial charge in [0.1, 0.15) is 0 Å². The molecule has 0 unspecified atom stereocenters. The molecule has 0 saturated heterocycles. The zero-order valence-electron chi connectivity index (χ0n) is 12.8. The van der Waals surface area contributed by atoms with E-state index in [1.165, 1.54) is 16.7 Å². The van der Waals surface area contributed by atoms with Crippen molar-refractivity contribution in [1.29, 1.82) is 0 Å². The molecule has 0 atom stereocenters. The van der Waals surface area contributed by atoms with Crippen LogP contribution in [0.3, 0.4) is 0 Å². The maximum absolute atomic E-state index is 5.27. The lowest BCUT2D eigenvalue weighted by atomic mass is 9.94. The van der Waals surface area contributed by atoms with Gasteiger partial charge in [-0.2, -0.15) is 0 Å². The van der Waals surface area contributed by atoms with Crippen LogP contribution in [0, 0.1) is 0 Å². The average Bonchev–Trinajstić information content (AvgIpc) is 2.47. The average molecular weight is 348 g/mol. The van der Waals surface area contributed by atoms with E-state index in [1.807, 2.05) is 0 Å². The van der Waals surface area contributed by atoms with Gasteiger partial charge in [0.2, 0.25) is 0 Å². The second-order valence-electron chi connectivity index (χ2n) is 5.69. The van der Waals surface area contributed by atoms with Crippen LogP contribution in [-0.4, -0.2) is 7.11 Å². The fourth-order valence-corrected chi connectivity index (χ4v) is 2.58. The Balaban J connectivity index is 2.09. The van der Waals surface area contributed by atoms with E-state index in [1.54, 1.807) is 7.11 Å². The first-order chi connectivity index (χ1) is 10.0. The number of hydrogen-bond acceptors (Lipinski definition) is 2. The molecule has 0 bridgehead atoms. The van der Waals surface area contributed by atoms with Gasteiger partial charge in [0.15, 0.2) is 0 Å². The molecule has 0 saturated carbocycles. The van der Waals surface area contributed by atoms with Crippen LogP contribution in [0.25, 0.3) is 0 Å². The summed E-state index contributed by atoms with van der Waals surface area (Å²) >= 11 is 3.48. The van der Waals surface area contributed by atoms with Gasteiger partial charge in [0, 0.05) is 23.7 Å². The Morgan fingerprint density at radius 3 is 2.24 bits per heavy atom. The summed E-state index contributed by atoms with van der Waals surface area (Å²) in [5.74, 6) is 0. The van der Waals surface area contributed by atoms with Crippen LogP contribution in [0.2, 0.25) is 0 Å². The van der Waals surface area contributed by atoms with E-state index in [4.69, 9.17) is 4.74 Å². The first-order valence-electron chi connectivity index (χ1n) is 7.10. The Kier molecular flexibility index (Phi) is 5.57. The van der Waals surface area contributed by atoms with Gasteiger partial charge in [-0.25, -0.2) is 0 Å². The van der Waals surface area contributed by atoms with Crippen molar-refractivity contribution in [2.24, 2.45) is 0 Å². The highest BCUT2D eigenvalue weighted by molar-refractivity contribution is 9.10. The van der Waals surface area contributed by atoms with Gasteiger partial charge >= 0.3 is 0 Å². The number of ether oxygens (including phenoxy) is 1. The molecule has 0 aliphatic heterocycles. The quantitative estimate of drug-likeness (QED) is 0.822. The second-order valence-corrected chi connectivity index (χ2v) is 6.60. The Morgan fingerprint density at radius 1 is 1.00 bits per heavy atom. The molecule has 0 radical (unpaired) electrons. The molecular formula is C18H22BrNO. The molecule has 2 aromatic rings. The molecule has 0 aliphatic carbocycles. The fourth-order valence-electron chi connectivity index (χ4n) is 2.31. The molecule has 112 valence electrons. The first kappa shape index (κ1) is 16.2. The standard InChI is InChI=1S/C18H22BrNO/c1-18(2,16-8-10-17(19)11-9-16)20-12-14-6-4-5-7-15(14)13-21-3/h4-11,20H,12-13H2,1-3H3. The zero-order chi connectivity index (χ0) is 15.3. The third-order valence-corrected chi connectivity index (χ3v) is 4.23. The number of halogens is 1. The van der Waals surface area contributed by atoms with Crippen molar-refractivity contribution in [2.45, 2.75) is 32.5 Å². The van der Waals surface area contributed by atoms with Crippen molar-refractivity contribution in [3.05, 3.63) is 69.7 Å². The van der Waals surface area contributed by atoms with E-state index in [2.05, 4.69) is 83.6 Å². The first-order valence-corrected chi connectivity index (χ1v) is 7.89. The normalized spacial score (nSPS) is 11.6. The summed E-state index contributed by atoms with van der Waals surface area (Å²) in [6.45, 7) is 5.88. The van der Waals surface area contributed by atoms with Crippen LogP contribution in [0.5, 0.6) is 0 Å². The van der Waals surface area contributed by atoms with Gasteiger partial charge in [0.05, 0.1) is 6.61 Å². The maximum atomic E-state index is 5.27. The molecular weight excluding hydrogens is 326 g/mol. The van der Waals surface area contributed by atoms with Gasteiger partial charge < -0.3 is 10.1 Å². The van der Waals surface area contributed by atoms with Crippen LogP contribution in [0.4, 0.5) is 0 Å². The summed E-state index contributed by atoms with van der Waals surface area (Å²) in [4.78, 5) is 0. The van der Waals surface area contributed by atoms with E-state index in [0.29, 0.717) is 6.61 Å². The van der Waals surface area contributed by atoms with E-state index in [9.17, 15) is 0 Å². The summed E-state index contributed by atoms with van der Waals surface area (Å²) < 4.78 is 6.37. The monoisotopic (exact) mass is 347 g/mol. The number of methoxy groups -OCH3 is 1. The van der Waals surface area contributed by atoms with E-state index < -0.39 is 0 Å². The van der Waals surface area contributed by atoms with Gasteiger partial charge in [0.25, 0.3) is 0 Å². The van der Waals surface area contributed by atoms with E-state index in [0.717, 1.165) is 11.0 Å². The zero-order valence-corrected chi connectivity index (χ0v) is 14.4. The van der Waals surface area contributed by atoms with E-state index in [-0.39, 0.29) is 5.54 Å². The van der Waals surface area contributed by atoms with Crippen molar-refractivity contribution < 1.29 is 4.74 Å². The van der Waals surface area contributed by atoms with Gasteiger partial charge in [-0.1, -0.05) is 52.3 Å². The molecule has 0 fully saturated rings. The number of rotatable bonds is 6. The highest BCUT2D eigenvalue weighted by Gasteiger charge is 2.19. The van der Waals surface area contributed by atoms with Crippen molar-refractivity contribution in [3.8, 4) is 0 Å². The summed E-state index contributed by atoms with van der Waals surface area (Å²) in [6, 6.07) is 16.9. The summed E-state index contributed by atoms with van der Waals surface area (Å²) in [5.41, 5.74) is 3.71. The van der Waals surface area contributed by atoms with Crippen LogP contribution in [-0.2, 0) is 23.4 Å². The molecule has 0 aliphatic rings. The lowest BCUT2D eigenvalue weighted by molar-refractivity contribution is 0.184. The predicted octanol–water partition coefficient (Wildman–Crippen LogP) is 4.62. The molecule has 0 heterocycles. The van der Waals surface area contributed by atoms with Crippen LogP contribution in [0.15, 0.2) is 53.0 Å². The van der Waals surface area contributed by atoms with Gasteiger partial charge in [-0.3, -0.25) is 0 Å². The number of hydrogen-bond donors (Lipinski definition) is 1. The minimum absolute atomic E-state index is 0.0825. The van der Waals surface area contributed by atoms with Crippen molar-refractivity contribution in [1.82, 2.24) is 5.32 Å². The molecule has 1 N–H and O–H groups in total. The van der Waals surface area contributed by atoms with Crippen LogP contribution in [0.1, 0.15) is 30.5 Å². The molecule has 0 spiro atoms. The van der Waals surface area contributed by atoms with Gasteiger partial charge in [-0.15, -0.1) is 0 Å². The summed E-state index contributed by atoms with van der Waals surface area (Å²) in [6.07, 6.45) is 0. The maximum Gasteiger partial charge on any atom is 0.0716 e. The Bertz CT molecular complexity index is 578. The van der Waals surface area contributed by atoms with E-state index >= 15 is 0 Å². The third kappa shape index (κ3) is 4.40. The third-order valence-electron chi connectivity index (χ3n) is 3.70. The Hall–Kier alpha value is -1.16. The molecule has 3 heteroatoms. The SMILES string of the molecule is COCc1ccccc1CNC(C)(C)c1ccc(Br)cc1. The summed E-state index contributed by atoms with van der Waals surface area (Å²) in [7, 11) is 1.73. The summed E-state index contributed by atoms with van der Waals surface area (Å²) in [5, 5.41) is 3.64. The lowest BCUT2D eigenvalue weighted by Gasteiger charge is -2.28. The minimum atomic E-state index is -0.0825. The Labute approximate surface area is 135 Å². The topological polar surface area (TPSA) is 21.3 Å². The molecule has 0 amide bonds. The molecule has 2 nitrogen and oxygen atoms in total. The Morgan fingerprint density at radius 2 is 1.62 bits per heavy atom. The van der Waals surface area contributed by atoms with Crippen LogP contribution >= 0.6 is 15.9 Å². The second kappa shape index (κ2) is 7.21. The molecule has 2 rings (SSSR count).